The van der Waals surface area contributed by atoms with Crippen molar-refractivity contribution < 1.29 is 13.2 Å². The van der Waals surface area contributed by atoms with Gasteiger partial charge in [0.05, 0.1) is 17.0 Å². The van der Waals surface area contributed by atoms with Crippen LogP contribution in [0.2, 0.25) is 0 Å². The van der Waals surface area contributed by atoms with Gasteiger partial charge in [-0.2, -0.15) is 5.26 Å². The molecule has 0 aliphatic rings. The van der Waals surface area contributed by atoms with Crippen molar-refractivity contribution in [3.63, 3.8) is 0 Å². The lowest BCUT2D eigenvalue weighted by molar-refractivity contribution is 0.480. The van der Waals surface area contributed by atoms with Gasteiger partial charge in [-0.05, 0) is 62.1 Å². The highest BCUT2D eigenvalue weighted by molar-refractivity contribution is 7.98. The summed E-state index contributed by atoms with van der Waals surface area (Å²) in [5.41, 5.74) is 1.69. The molecule has 0 amide bonds. The van der Waals surface area contributed by atoms with Crippen LogP contribution in [0.25, 0.3) is 0 Å². The van der Waals surface area contributed by atoms with Crippen LogP contribution in [0.1, 0.15) is 18.1 Å². The quantitative estimate of drug-likeness (QED) is 0.781. The Morgan fingerprint density at radius 3 is 2.58 bits per heavy atom. The molecule has 0 aromatic heterocycles. The molecule has 7 heteroatoms. The number of thioether (sulfide) groups is 1. The SMILES string of the molecule is CCS(=O)(=O)Nc1ccc(Oc2ccc(SC)c(C)c2)c(C#N)c1. The number of ether oxygens (including phenoxy) is 1. The van der Waals surface area contributed by atoms with Crippen LogP contribution >= 0.6 is 11.8 Å². The van der Waals surface area contributed by atoms with Crippen LogP contribution in [-0.2, 0) is 10.0 Å². The van der Waals surface area contributed by atoms with Crippen molar-refractivity contribution in [3.8, 4) is 17.6 Å². The molecular formula is C17H18N2O3S2. The first-order valence-corrected chi connectivity index (χ1v) is 10.1. The molecule has 0 aliphatic heterocycles. The zero-order chi connectivity index (χ0) is 17.7. The molecule has 5 nitrogen and oxygen atoms in total. The number of benzene rings is 2. The fraction of sp³-hybridized carbons (Fsp3) is 0.235. The number of sulfonamides is 1. The van der Waals surface area contributed by atoms with Crippen LogP contribution < -0.4 is 9.46 Å². The molecule has 0 bridgehead atoms. The normalized spacial score (nSPS) is 10.9. The van der Waals surface area contributed by atoms with E-state index in [1.54, 1.807) is 30.8 Å². The maximum Gasteiger partial charge on any atom is 0.232 e. The molecule has 0 saturated heterocycles. The van der Waals surface area contributed by atoms with E-state index in [1.165, 1.54) is 6.07 Å². The Balaban J connectivity index is 2.28. The molecule has 1 N–H and O–H groups in total. The van der Waals surface area contributed by atoms with Gasteiger partial charge in [-0.1, -0.05) is 0 Å². The number of aryl methyl sites for hydroxylation is 1. The zero-order valence-electron chi connectivity index (χ0n) is 13.7. The molecule has 0 aliphatic carbocycles. The second kappa shape index (κ2) is 7.60. The van der Waals surface area contributed by atoms with Crippen LogP contribution in [0.15, 0.2) is 41.3 Å². The fourth-order valence-corrected chi connectivity index (χ4v) is 3.28. The van der Waals surface area contributed by atoms with Gasteiger partial charge in [0.25, 0.3) is 0 Å². The minimum Gasteiger partial charge on any atom is -0.456 e. The number of anilines is 1. The number of nitrogens with one attached hydrogen (secondary N) is 1. The Labute approximate surface area is 146 Å². The summed E-state index contributed by atoms with van der Waals surface area (Å²) in [6.07, 6.45) is 2.01. The summed E-state index contributed by atoms with van der Waals surface area (Å²) >= 11 is 1.65. The second-order valence-electron chi connectivity index (χ2n) is 5.06. The van der Waals surface area contributed by atoms with Crippen LogP contribution in [0.4, 0.5) is 5.69 Å². The van der Waals surface area contributed by atoms with E-state index in [0.29, 0.717) is 17.2 Å². The summed E-state index contributed by atoms with van der Waals surface area (Å²) in [4.78, 5) is 1.16. The van der Waals surface area contributed by atoms with Crippen molar-refractivity contribution in [2.45, 2.75) is 18.7 Å². The van der Waals surface area contributed by atoms with Gasteiger partial charge < -0.3 is 4.74 Å². The Kier molecular flexibility index (Phi) is 5.75. The summed E-state index contributed by atoms with van der Waals surface area (Å²) in [5.74, 6) is 0.978. The lowest BCUT2D eigenvalue weighted by Crippen LogP contribution is -2.14. The van der Waals surface area contributed by atoms with Gasteiger partial charge in [0.15, 0.2) is 0 Å². The molecular weight excluding hydrogens is 344 g/mol. The predicted molar refractivity (Wildman–Crippen MR) is 97.3 cm³/mol. The largest absolute Gasteiger partial charge is 0.456 e. The number of hydrogen-bond acceptors (Lipinski definition) is 5. The third-order valence-electron chi connectivity index (χ3n) is 3.35. The van der Waals surface area contributed by atoms with E-state index in [4.69, 9.17) is 4.74 Å². The third-order valence-corrected chi connectivity index (χ3v) is 5.55. The van der Waals surface area contributed by atoms with E-state index >= 15 is 0 Å². The average molecular weight is 362 g/mol. The van der Waals surface area contributed by atoms with Crippen molar-refractivity contribution in [2.75, 3.05) is 16.7 Å². The van der Waals surface area contributed by atoms with Crippen LogP contribution in [0, 0.1) is 18.3 Å². The van der Waals surface area contributed by atoms with Crippen LogP contribution in [0.3, 0.4) is 0 Å². The monoisotopic (exact) mass is 362 g/mol. The maximum absolute atomic E-state index is 11.6. The van der Waals surface area contributed by atoms with Crippen molar-refractivity contribution in [1.82, 2.24) is 0 Å². The molecule has 0 unspecified atom stereocenters. The van der Waals surface area contributed by atoms with E-state index in [0.717, 1.165) is 10.5 Å². The molecule has 0 spiro atoms. The molecule has 0 fully saturated rings. The van der Waals surface area contributed by atoms with E-state index < -0.39 is 10.0 Å². The first kappa shape index (κ1) is 18.2. The Morgan fingerprint density at radius 1 is 1.25 bits per heavy atom. The van der Waals surface area contributed by atoms with E-state index in [-0.39, 0.29) is 11.3 Å². The topological polar surface area (TPSA) is 79.2 Å². The van der Waals surface area contributed by atoms with E-state index in [9.17, 15) is 13.7 Å². The van der Waals surface area contributed by atoms with E-state index in [2.05, 4.69) is 4.72 Å². The summed E-state index contributed by atoms with van der Waals surface area (Å²) < 4.78 is 31.4. The average Bonchev–Trinajstić information content (AvgIpc) is 2.56. The molecule has 2 aromatic rings. The lowest BCUT2D eigenvalue weighted by atomic mass is 10.2. The van der Waals surface area contributed by atoms with Crippen LogP contribution in [0.5, 0.6) is 11.5 Å². The Morgan fingerprint density at radius 2 is 2.00 bits per heavy atom. The predicted octanol–water partition coefficient (Wildman–Crippen LogP) is 4.14. The minimum atomic E-state index is -3.39. The summed E-state index contributed by atoms with van der Waals surface area (Å²) in [7, 11) is -3.39. The Bertz CT molecular complexity index is 887. The van der Waals surface area contributed by atoms with Crippen molar-refractivity contribution in [3.05, 3.63) is 47.5 Å². The number of hydrogen-bond donors (Lipinski definition) is 1. The van der Waals surface area contributed by atoms with Gasteiger partial charge in [0, 0.05) is 4.90 Å². The number of nitriles is 1. The molecule has 0 saturated carbocycles. The molecule has 2 rings (SSSR count). The Hall–Kier alpha value is -2.17. The van der Waals surface area contributed by atoms with Gasteiger partial charge >= 0.3 is 0 Å². The highest BCUT2D eigenvalue weighted by atomic mass is 32.2. The van der Waals surface area contributed by atoms with E-state index in [1.807, 2.05) is 37.4 Å². The van der Waals surface area contributed by atoms with Gasteiger partial charge in [0.2, 0.25) is 10.0 Å². The first-order chi connectivity index (χ1) is 11.4. The third kappa shape index (κ3) is 4.43. The van der Waals surface area contributed by atoms with Crippen LogP contribution in [-0.4, -0.2) is 20.4 Å². The molecule has 24 heavy (non-hydrogen) atoms. The molecule has 2 aromatic carbocycles. The van der Waals surface area contributed by atoms with Gasteiger partial charge in [-0.3, -0.25) is 4.72 Å². The van der Waals surface area contributed by atoms with Gasteiger partial charge in [0.1, 0.15) is 17.6 Å². The van der Waals surface area contributed by atoms with Gasteiger partial charge in [-0.25, -0.2) is 8.42 Å². The van der Waals surface area contributed by atoms with Gasteiger partial charge in [-0.15, -0.1) is 11.8 Å². The smallest absolute Gasteiger partial charge is 0.232 e. The second-order valence-corrected chi connectivity index (χ2v) is 7.92. The highest BCUT2D eigenvalue weighted by Crippen LogP contribution is 2.30. The number of rotatable bonds is 6. The summed E-state index contributed by atoms with van der Waals surface area (Å²) in [6, 6.07) is 12.4. The van der Waals surface area contributed by atoms with Crippen molar-refractivity contribution >= 4 is 27.5 Å². The highest BCUT2D eigenvalue weighted by Gasteiger charge is 2.11. The standard InChI is InChI=1S/C17H18N2O3S2/c1-4-24(20,21)19-14-5-7-16(13(10-14)11-18)22-15-6-8-17(23-3)12(2)9-15/h5-10,19H,4H2,1-3H3. The fourth-order valence-electron chi connectivity index (χ4n) is 2.06. The molecule has 0 heterocycles. The summed E-state index contributed by atoms with van der Waals surface area (Å²) in [5, 5.41) is 9.30. The first-order valence-electron chi connectivity index (χ1n) is 7.25. The maximum atomic E-state index is 11.6. The molecule has 126 valence electrons. The number of nitrogens with zero attached hydrogens (tertiary/aromatic N) is 1. The lowest BCUT2D eigenvalue weighted by Gasteiger charge is -2.12. The zero-order valence-corrected chi connectivity index (χ0v) is 15.3. The molecule has 0 atom stereocenters. The van der Waals surface area contributed by atoms with Crippen molar-refractivity contribution in [1.29, 1.82) is 5.26 Å². The minimum absolute atomic E-state index is 0.0335. The molecule has 0 radical (unpaired) electrons. The van der Waals surface area contributed by atoms with Crippen molar-refractivity contribution in [2.24, 2.45) is 0 Å². The summed E-state index contributed by atoms with van der Waals surface area (Å²) in [6.45, 7) is 3.54.